The predicted octanol–water partition coefficient (Wildman–Crippen LogP) is 3.10. The quantitative estimate of drug-likeness (QED) is 0.712. The second kappa shape index (κ2) is 6.40. The van der Waals surface area contributed by atoms with E-state index >= 15 is 0 Å². The van der Waals surface area contributed by atoms with Crippen LogP contribution in [0.3, 0.4) is 0 Å². The minimum atomic E-state index is 0.712. The lowest BCUT2D eigenvalue weighted by molar-refractivity contribution is 0.231. The molecular weight excluding hydrogens is 322 g/mol. The van der Waals surface area contributed by atoms with Crippen molar-refractivity contribution in [3.63, 3.8) is 0 Å². The average Bonchev–Trinajstić information content (AvgIpc) is 3.34. The second-order valence-electron chi connectivity index (χ2n) is 7.61. The molecule has 1 aromatic carbocycles. The Bertz CT molecular complexity index is 904. The number of benzene rings is 1. The maximum absolute atomic E-state index is 4.98. The number of fused-ring (bicyclic) bond motifs is 1. The number of hydrogen-bond acceptors (Lipinski definition) is 3. The lowest BCUT2D eigenvalue weighted by Gasteiger charge is -2.26. The first-order valence-corrected chi connectivity index (χ1v) is 9.58. The van der Waals surface area contributed by atoms with Crippen molar-refractivity contribution in [3.8, 4) is 0 Å². The van der Waals surface area contributed by atoms with E-state index in [1.165, 1.54) is 35.6 Å². The van der Waals surface area contributed by atoms with E-state index in [1.54, 1.807) is 0 Å². The van der Waals surface area contributed by atoms with E-state index in [-0.39, 0.29) is 0 Å². The van der Waals surface area contributed by atoms with Crippen LogP contribution in [0.2, 0.25) is 0 Å². The molecule has 2 aliphatic rings. The molecule has 0 bridgehead atoms. The number of rotatable bonds is 5. The van der Waals surface area contributed by atoms with E-state index in [1.807, 2.05) is 6.20 Å². The van der Waals surface area contributed by atoms with Crippen molar-refractivity contribution in [2.45, 2.75) is 44.8 Å². The number of nitrogens with zero attached hydrogens (tertiary/aromatic N) is 5. The number of hydrogen-bond donors (Lipinski definition) is 0. The van der Waals surface area contributed by atoms with Gasteiger partial charge in [0.05, 0.1) is 12.2 Å². The van der Waals surface area contributed by atoms with Crippen LogP contribution >= 0.6 is 0 Å². The molecule has 3 aromatic rings. The van der Waals surface area contributed by atoms with Gasteiger partial charge in [-0.1, -0.05) is 30.3 Å². The highest BCUT2D eigenvalue weighted by Crippen LogP contribution is 2.40. The molecule has 5 heteroatoms. The van der Waals surface area contributed by atoms with Gasteiger partial charge in [-0.3, -0.25) is 4.90 Å². The minimum absolute atomic E-state index is 0.712. The van der Waals surface area contributed by atoms with Crippen LogP contribution in [0.25, 0.3) is 0 Å². The molecular formula is C21H25N5. The Balaban J connectivity index is 1.31. The zero-order chi connectivity index (χ0) is 17.5. The minimum Gasteiger partial charge on any atom is -0.335 e. The summed E-state index contributed by atoms with van der Waals surface area (Å²) in [5, 5.41) is 0. The van der Waals surface area contributed by atoms with Crippen molar-refractivity contribution in [1.29, 1.82) is 0 Å². The molecule has 1 aliphatic carbocycles. The first-order valence-electron chi connectivity index (χ1n) is 9.58. The van der Waals surface area contributed by atoms with Crippen molar-refractivity contribution in [3.05, 3.63) is 71.3 Å². The summed E-state index contributed by atoms with van der Waals surface area (Å²) < 4.78 is 4.62. The van der Waals surface area contributed by atoms with Gasteiger partial charge in [-0.25, -0.2) is 9.97 Å². The van der Waals surface area contributed by atoms with Gasteiger partial charge >= 0.3 is 0 Å². The Kier molecular flexibility index (Phi) is 3.89. The Morgan fingerprint density at radius 1 is 1.12 bits per heavy atom. The van der Waals surface area contributed by atoms with Gasteiger partial charge in [0.25, 0.3) is 0 Å². The fourth-order valence-corrected chi connectivity index (χ4v) is 4.06. The monoisotopic (exact) mass is 347 g/mol. The summed E-state index contributed by atoms with van der Waals surface area (Å²) in [5.74, 6) is 3.15. The number of imidazole rings is 2. The van der Waals surface area contributed by atoms with Crippen molar-refractivity contribution in [2.24, 2.45) is 7.05 Å². The van der Waals surface area contributed by atoms with Crippen LogP contribution in [0.15, 0.2) is 42.7 Å². The van der Waals surface area contributed by atoms with Crippen molar-refractivity contribution >= 4 is 0 Å². The Morgan fingerprint density at radius 2 is 1.96 bits per heavy atom. The Hall–Kier alpha value is -2.40. The molecule has 5 nitrogen and oxygen atoms in total. The van der Waals surface area contributed by atoms with Crippen LogP contribution in [0.5, 0.6) is 0 Å². The van der Waals surface area contributed by atoms with Crippen molar-refractivity contribution in [1.82, 2.24) is 24.0 Å². The summed E-state index contributed by atoms with van der Waals surface area (Å²) in [6, 6.07) is 10.6. The Morgan fingerprint density at radius 3 is 2.77 bits per heavy atom. The van der Waals surface area contributed by atoms with Gasteiger partial charge in [-0.15, -0.1) is 0 Å². The third-order valence-electron chi connectivity index (χ3n) is 5.67. The lowest BCUT2D eigenvalue weighted by Crippen LogP contribution is -2.31. The van der Waals surface area contributed by atoms with E-state index < -0.39 is 0 Å². The van der Waals surface area contributed by atoms with Gasteiger partial charge in [0.2, 0.25) is 0 Å². The maximum Gasteiger partial charge on any atom is 0.123 e. The highest BCUT2D eigenvalue weighted by Gasteiger charge is 2.31. The fourth-order valence-electron chi connectivity index (χ4n) is 4.06. The highest BCUT2D eigenvalue weighted by atomic mass is 15.2. The van der Waals surface area contributed by atoms with Crippen molar-refractivity contribution in [2.75, 3.05) is 6.54 Å². The first-order chi connectivity index (χ1) is 12.8. The third-order valence-corrected chi connectivity index (χ3v) is 5.67. The number of aromatic nitrogens is 4. The fraction of sp³-hybridized carbons (Fsp3) is 0.429. The molecule has 3 heterocycles. The SMILES string of the molecule is Cn1c(C2CC2)nc2c1CCN(Cc1nccn1Cc1ccccc1)C2. The average molecular weight is 347 g/mol. The molecule has 0 N–H and O–H groups in total. The molecule has 0 saturated heterocycles. The lowest BCUT2D eigenvalue weighted by atomic mass is 10.1. The molecule has 2 aromatic heterocycles. The van der Waals surface area contributed by atoms with Gasteiger partial charge in [0, 0.05) is 57.1 Å². The van der Waals surface area contributed by atoms with Crippen molar-refractivity contribution < 1.29 is 0 Å². The largest absolute Gasteiger partial charge is 0.335 e. The summed E-state index contributed by atoms with van der Waals surface area (Å²) in [6.07, 6.45) is 7.71. The van der Waals surface area contributed by atoms with Gasteiger partial charge < -0.3 is 9.13 Å². The molecule has 0 radical (unpaired) electrons. The molecule has 0 spiro atoms. The molecule has 1 fully saturated rings. The summed E-state index contributed by atoms with van der Waals surface area (Å²) in [5.41, 5.74) is 4.03. The van der Waals surface area contributed by atoms with Gasteiger partial charge in [-0.05, 0) is 18.4 Å². The van der Waals surface area contributed by atoms with E-state index in [9.17, 15) is 0 Å². The predicted molar refractivity (Wildman–Crippen MR) is 101 cm³/mol. The van der Waals surface area contributed by atoms with E-state index in [0.29, 0.717) is 5.92 Å². The maximum atomic E-state index is 4.98. The summed E-state index contributed by atoms with van der Waals surface area (Å²) >= 11 is 0. The molecule has 26 heavy (non-hydrogen) atoms. The topological polar surface area (TPSA) is 38.9 Å². The standard InChI is InChI=1S/C21H25N5/c1-24-19-9-11-25(14-18(19)23-21(24)17-7-8-17)15-20-22-10-12-26(20)13-16-5-3-2-4-6-16/h2-6,10,12,17H,7-9,11,13-15H2,1H3. The van der Waals surface area contributed by atoms with Gasteiger partial charge in [0.15, 0.2) is 0 Å². The molecule has 5 rings (SSSR count). The zero-order valence-corrected chi connectivity index (χ0v) is 15.3. The van der Waals surface area contributed by atoms with Crippen LogP contribution in [-0.2, 0) is 33.1 Å². The molecule has 0 unspecified atom stereocenters. The van der Waals surface area contributed by atoms with Crippen LogP contribution in [0.4, 0.5) is 0 Å². The zero-order valence-electron chi connectivity index (χ0n) is 15.3. The van der Waals surface area contributed by atoms with Crippen LogP contribution in [0, 0.1) is 0 Å². The normalized spacial score (nSPS) is 17.4. The first kappa shape index (κ1) is 15.8. The molecule has 1 aliphatic heterocycles. The smallest absolute Gasteiger partial charge is 0.123 e. The summed E-state index contributed by atoms with van der Waals surface area (Å²) in [4.78, 5) is 12.1. The third kappa shape index (κ3) is 2.97. The van der Waals surface area contributed by atoms with Gasteiger partial charge in [-0.2, -0.15) is 0 Å². The summed E-state index contributed by atoms with van der Waals surface area (Å²) in [6.45, 7) is 3.78. The second-order valence-corrected chi connectivity index (χ2v) is 7.61. The molecule has 1 saturated carbocycles. The Labute approximate surface area is 154 Å². The van der Waals surface area contributed by atoms with E-state index in [2.05, 4.69) is 62.6 Å². The molecule has 0 atom stereocenters. The van der Waals surface area contributed by atoms with E-state index in [4.69, 9.17) is 4.98 Å². The highest BCUT2D eigenvalue weighted by molar-refractivity contribution is 5.24. The molecule has 0 amide bonds. The summed E-state index contributed by atoms with van der Waals surface area (Å²) in [7, 11) is 2.20. The molecule has 134 valence electrons. The van der Waals surface area contributed by atoms with Crippen LogP contribution < -0.4 is 0 Å². The van der Waals surface area contributed by atoms with Crippen LogP contribution in [-0.4, -0.2) is 30.5 Å². The van der Waals surface area contributed by atoms with Crippen LogP contribution in [0.1, 0.15) is 47.4 Å². The van der Waals surface area contributed by atoms with E-state index in [0.717, 1.165) is 38.4 Å². The van der Waals surface area contributed by atoms with Gasteiger partial charge in [0.1, 0.15) is 11.6 Å².